The molecule has 6 heteroatoms. The van der Waals surface area contributed by atoms with E-state index in [9.17, 15) is 4.39 Å². The number of nitrogens with zero attached hydrogens (tertiary/aromatic N) is 2. The van der Waals surface area contributed by atoms with E-state index >= 15 is 0 Å². The van der Waals surface area contributed by atoms with Gasteiger partial charge in [0.05, 0.1) is 6.10 Å². The summed E-state index contributed by atoms with van der Waals surface area (Å²) in [6, 6.07) is 8.44. The zero-order valence-corrected chi connectivity index (χ0v) is 13.0. The number of benzene rings is 1. The minimum atomic E-state index is -0.209. The van der Waals surface area contributed by atoms with Gasteiger partial charge in [0.2, 0.25) is 0 Å². The molecular weight excluding hydrogens is 295 g/mol. The van der Waals surface area contributed by atoms with Crippen molar-refractivity contribution in [3.63, 3.8) is 0 Å². The Bertz CT molecular complexity index is 614. The van der Waals surface area contributed by atoms with E-state index in [1.165, 1.54) is 18.5 Å². The van der Waals surface area contributed by atoms with Crippen molar-refractivity contribution in [2.45, 2.75) is 25.4 Å². The third-order valence-electron chi connectivity index (χ3n) is 3.83. The maximum absolute atomic E-state index is 12.9. The molecule has 1 aliphatic heterocycles. The van der Waals surface area contributed by atoms with E-state index in [2.05, 4.69) is 20.6 Å². The van der Waals surface area contributed by atoms with Crippen molar-refractivity contribution in [2.75, 3.05) is 30.3 Å². The van der Waals surface area contributed by atoms with Gasteiger partial charge in [-0.1, -0.05) is 12.1 Å². The van der Waals surface area contributed by atoms with Crippen molar-refractivity contribution in [3.05, 3.63) is 48.0 Å². The summed E-state index contributed by atoms with van der Waals surface area (Å²) in [5.74, 6) is 1.36. The fourth-order valence-electron chi connectivity index (χ4n) is 2.56. The third kappa shape index (κ3) is 4.89. The number of aromatic nitrogens is 2. The van der Waals surface area contributed by atoms with Crippen LogP contribution in [0.15, 0.2) is 36.7 Å². The molecule has 3 rings (SSSR count). The molecule has 1 aromatic carbocycles. The van der Waals surface area contributed by atoms with Gasteiger partial charge in [-0.2, -0.15) is 0 Å². The standard InChI is InChI=1S/C17H21FN4O/c18-14-5-3-13(4-6-14)7-8-19-16-10-17(22-12-21-16)20-11-15-2-1-9-23-15/h3-6,10,12,15H,1-2,7-9,11H2,(H2,19,20,21,22). The van der Waals surface area contributed by atoms with Crippen molar-refractivity contribution >= 4 is 11.6 Å². The van der Waals surface area contributed by atoms with Gasteiger partial charge in [0, 0.05) is 25.8 Å². The van der Waals surface area contributed by atoms with Crippen LogP contribution in [-0.2, 0) is 11.2 Å². The monoisotopic (exact) mass is 316 g/mol. The van der Waals surface area contributed by atoms with Gasteiger partial charge in [0.15, 0.2) is 0 Å². The number of hydrogen-bond donors (Lipinski definition) is 2. The summed E-state index contributed by atoms with van der Waals surface area (Å²) in [5, 5.41) is 6.54. The van der Waals surface area contributed by atoms with Gasteiger partial charge in [0.25, 0.3) is 0 Å². The molecular formula is C17H21FN4O. The zero-order valence-electron chi connectivity index (χ0n) is 13.0. The summed E-state index contributed by atoms with van der Waals surface area (Å²) in [5.41, 5.74) is 1.09. The summed E-state index contributed by atoms with van der Waals surface area (Å²) in [7, 11) is 0. The number of nitrogens with one attached hydrogen (secondary N) is 2. The highest BCUT2D eigenvalue weighted by Crippen LogP contribution is 2.14. The average Bonchev–Trinajstić information content (AvgIpc) is 3.09. The predicted octanol–water partition coefficient (Wildman–Crippen LogP) is 2.86. The highest BCUT2D eigenvalue weighted by molar-refractivity contribution is 5.46. The second kappa shape index (κ2) is 7.87. The van der Waals surface area contributed by atoms with Crippen molar-refractivity contribution in [3.8, 4) is 0 Å². The predicted molar refractivity (Wildman–Crippen MR) is 88.1 cm³/mol. The minimum Gasteiger partial charge on any atom is -0.376 e. The Labute approximate surface area is 135 Å². The van der Waals surface area contributed by atoms with Crippen LogP contribution in [0.1, 0.15) is 18.4 Å². The van der Waals surface area contributed by atoms with Crippen molar-refractivity contribution < 1.29 is 9.13 Å². The molecule has 122 valence electrons. The van der Waals surface area contributed by atoms with E-state index in [0.29, 0.717) is 0 Å². The molecule has 0 spiro atoms. The molecule has 1 saturated heterocycles. The second-order valence-corrected chi connectivity index (χ2v) is 5.61. The van der Waals surface area contributed by atoms with Gasteiger partial charge in [-0.3, -0.25) is 0 Å². The Hall–Kier alpha value is -2.21. The molecule has 2 aromatic rings. The Morgan fingerprint density at radius 1 is 1.13 bits per heavy atom. The fourth-order valence-corrected chi connectivity index (χ4v) is 2.56. The summed E-state index contributed by atoms with van der Waals surface area (Å²) < 4.78 is 18.4. The summed E-state index contributed by atoms with van der Waals surface area (Å²) in [6.45, 7) is 2.35. The third-order valence-corrected chi connectivity index (χ3v) is 3.83. The van der Waals surface area contributed by atoms with Gasteiger partial charge in [-0.15, -0.1) is 0 Å². The molecule has 1 aliphatic rings. The first-order valence-corrected chi connectivity index (χ1v) is 7.95. The Morgan fingerprint density at radius 2 is 1.91 bits per heavy atom. The van der Waals surface area contributed by atoms with Crippen LogP contribution in [0.5, 0.6) is 0 Å². The van der Waals surface area contributed by atoms with E-state index in [1.54, 1.807) is 12.1 Å². The van der Waals surface area contributed by atoms with Gasteiger partial charge < -0.3 is 15.4 Å². The van der Waals surface area contributed by atoms with Crippen LogP contribution >= 0.6 is 0 Å². The molecule has 1 unspecified atom stereocenters. The van der Waals surface area contributed by atoms with Crippen LogP contribution in [0, 0.1) is 5.82 Å². The fraction of sp³-hybridized carbons (Fsp3) is 0.412. The first-order valence-electron chi connectivity index (χ1n) is 7.95. The van der Waals surface area contributed by atoms with Gasteiger partial charge >= 0.3 is 0 Å². The van der Waals surface area contributed by atoms with E-state index in [4.69, 9.17) is 4.74 Å². The molecule has 0 bridgehead atoms. The largest absolute Gasteiger partial charge is 0.376 e. The molecule has 2 N–H and O–H groups in total. The van der Waals surface area contributed by atoms with Crippen LogP contribution < -0.4 is 10.6 Å². The van der Waals surface area contributed by atoms with Crippen molar-refractivity contribution in [2.24, 2.45) is 0 Å². The van der Waals surface area contributed by atoms with Crippen LogP contribution in [-0.4, -0.2) is 35.8 Å². The highest BCUT2D eigenvalue weighted by atomic mass is 19.1. The Morgan fingerprint density at radius 3 is 2.65 bits per heavy atom. The highest BCUT2D eigenvalue weighted by Gasteiger charge is 2.15. The lowest BCUT2D eigenvalue weighted by molar-refractivity contribution is 0.120. The Kier molecular flexibility index (Phi) is 5.37. The van der Waals surface area contributed by atoms with Gasteiger partial charge in [-0.25, -0.2) is 14.4 Å². The second-order valence-electron chi connectivity index (χ2n) is 5.61. The summed E-state index contributed by atoms with van der Waals surface area (Å²) >= 11 is 0. The molecule has 23 heavy (non-hydrogen) atoms. The lowest BCUT2D eigenvalue weighted by Gasteiger charge is -2.12. The van der Waals surface area contributed by atoms with Gasteiger partial charge in [0.1, 0.15) is 23.8 Å². The number of rotatable bonds is 7. The smallest absolute Gasteiger partial charge is 0.131 e. The maximum atomic E-state index is 12.9. The SMILES string of the molecule is Fc1ccc(CCNc2cc(NCC3CCCO3)ncn2)cc1. The van der Waals surface area contributed by atoms with Crippen molar-refractivity contribution in [1.29, 1.82) is 0 Å². The molecule has 0 aliphatic carbocycles. The normalized spacial score (nSPS) is 17.2. The van der Waals surface area contributed by atoms with E-state index < -0.39 is 0 Å². The van der Waals surface area contributed by atoms with E-state index in [0.717, 1.165) is 56.2 Å². The lowest BCUT2D eigenvalue weighted by atomic mass is 10.1. The average molecular weight is 316 g/mol. The maximum Gasteiger partial charge on any atom is 0.131 e. The van der Waals surface area contributed by atoms with Crippen LogP contribution in [0.25, 0.3) is 0 Å². The van der Waals surface area contributed by atoms with Crippen molar-refractivity contribution in [1.82, 2.24) is 9.97 Å². The molecule has 0 amide bonds. The van der Waals surface area contributed by atoms with E-state index in [-0.39, 0.29) is 11.9 Å². The first kappa shape index (κ1) is 15.7. The quantitative estimate of drug-likeness (QED) is 0.822. The molecule has 2 heterocycles. The lowest BCUT2D eigenvalue weighted by Crippen LogP contribution is -2.19. The summed E-state index contributed by atoms with van der Waals surface area (Å²) in [4.78, 5) is 8.43. The first-order chi connectivity index (χ1) is 11.3. The topological polar surface area (TPSA) is 59.1 Å². The number of halogens is 1. The minimum absolute atomic E-state index is 0.209. The molecule has 0 radical (unpaired) electrons. The van der Waals surface area contributed by atoms with Gasteiger partial charge in [-0.05, 0) is 37.0 Å². The molecule has 0 saturated carbocycles. The Balaban J connectivity index is 1.46. The van der Waals surface area contributed by atoms with Crippen LogP contribution in [0.4, 0.5) is 16.0 Å². The van der Waals surface area contributed by atoms with Crippen LogP contribution in [0.3, 0.4) is 0 Å². The molecule has 1 aromatic heterocycles. The van der Waals surface area contributed by atoms with E-state index in [1.807, 2.05) is 6.07 Å². The van der Waals surface area contributed by atoms with Crippen LogP contribution in [0.2, 0.25) is 0 Å². The number of anilines is 2. The summed E-state index contributed by atoms with van der Waals surface area (Å²) in [6.07, 6.45) is 4.86. The molecule has 5 nitrogen and oxygen atoms in total. The zero-order chi connectivity index (χ0) is 15.9. The molecule has 1 atom stereocenters. The number of hydrogen-bond acceptors (Lipinski definition) is 5. The number of ether oxygens (including phenoxy) is 1. The molecule has 1 fully saturated rings.